The van der Waals surface area contributed by atoms with Crippen LogP contribution in [0.2, 0.25) is 0 Å². The summed E-state index contributed by atoms with van der Waals surface area (Å²) >= 11 is 1.53. The Morgan fingerprint density at radius 1 is 1.11 bits per heavy atom. The first kappa shape index (κ1) is 18.9. The standard InChI is InChI=1S/C20H24N6OS/c1-12-24-25-20(28-12)15-8-14-9-18(22-11-17(14)21-10-15)23-19(27)13-4-6-16(7-5-13)26(2)3/h8-11,13,16H,4-7H2,1-3H3,(H,22,23,27). The van der Waals surface area contributed by atoms with Crippen molar-refractivity contribution in [2.75, 3.05) is 19.4 Å². The number of carbonyl (C=O) groups is 1. The molecule has 0 aliphatic heterocycles. The first-order valence-electron chi connectivity index (χ1n) is 9.53. The Hall–Kier alpha value is -2.45. The van der Waals surface area contributed by atoms with Gasteiger partial charge in [-0.1, -0.05) is 11.3 Å². The summed E-state index contributed by atoms with van der Waals surface area (Å²) in [5, 5.41) is 13.9. The van der Waals surface area contributed by atoms with Crippen molar-refractivity contribution in [1.29, 1.82) is 0 Å². The van der Waals surface area contributed by atoms with Gasteiger partial charge in [-0.3, -0.25) is 9.78 Å². The maximum Gasteiger partial charge on any atom is 0.228 e. The van der Waals surface area contributed by atoms with Crippen LogP contribution in [0, 0.1) is 12.8 Å². The number of hydrogen-bond donors (Lipinski definition) is 1. The molecule has 1 aliphatic carbocycles. The summed E-state index contributed by atoms with van der Waals surface area (Å²) in [5.41, 5.74) is 1.71. The number of aromatic nitrogens is 4. The Bertz CT molecular complexity index is 993. The molecule has 3 heterocycles. The molecule has 1 saturated carbocycles. The van der Waals surface area contributed by atoms with E-state index in [4.69, 9.17) is 0 Å². The Balaban J connectivity index is 1.49. The minimum atomic E-state index is 0.0579. The molecule has 1 amide bonds. The lowest BCUT2D eigenvalue weighted by atomic mass is 9.85. The summed E-state index contributed by atoms with van der Waals surface area (Å²) in [5.74, 6) is 0.690. The predicted octanol–water partition coefficient (Wildman–Crippen LogP) is 3.52. The van der Waals surface area contributed by atoms with E-state index in [9.17, 15) is 4.79 Å². The molecule has 1 fully saturated rings. The topological polar surface area (TPSA) is 83.9 Å². The molecule has 1 aliphatic rings. The summed E-state index contributed by atoms with van der Waals surface area (Å²) in [6.07, 6.45) is 7.44. The molecule has 28 heavy (non-hydrogen) atoms. The monoisotopic (exact) mass is 396 g/mol. The summed E-state index contributed by atoms with van der Waals surface area (Å²) < 4.78 is 0. The average Bonchev–Trinajstić information content (AvgIpc) is 3.14. The number of rotatable bonds is 4. The zero-order valence-corrected chi connectivity index (χ0v) is 17.2. The first-order valence-corrected chi connectivity index (χ1v) is 10.3. The van der Waals surface area contributed by atoms with Crippen molar-refractivity contribution >= 4 is 34.0 Å². The second-order valence-electron chi connectivity index (χ2n) is 7.57. The Morgan fingerprint density at radius 2 is 1.89 bits per heavy atom. The van der Waals surface area contributed by atoms with E-state index in [-0.39, 0.29) is 11.8 Å². The lowest BCUT2D eigenvalue weighted by Gasteiger charge is -2.31. The second kappa shape index (κ2) is 7.89. The largest absolute Gasteiger partial charge is 0.310 e. The van der Waals surface area contributed by atoms with Crippen LogP contribution in [-0.4, -0.2) is 51.1 Å². The number of hydrogen-bond acceptors (Lipinski definition) is 7. The van der Waals surface area contributed by atoms with Crippen LogP contribution < -0.4 is 5.32 Å². The minimum Gasteiger partial charge on any atom is -0.310 e. The van der Waals surface area contributed by atoms with E-state index in [2.05, 4.69) is 44.5 Å². The van der Waals surface area contributed by atoms with Gasteiger partial charge in [0.25, 0.3) is 0 Å². The Morgan fingerprint density at radius 3 is 2.57 bits per heavy atom. The van der Waals surface area contributed by atoms with Crippen molar-refractivity contribution in [3.63, 3.8) is 0 Å². The van der Waals surface area contributed by atoms with E-state index in [0.717, 1.165) is 52.2 Å². The van der Waals surface area contributed by atoms with Gasteiger partial charge in [0, 0.05) is 29.1 Å². The van der Waals surface area contributed by atoms with E-state index in [1.54, 1.807) is 12.4 Å². The van der Waals surface area contributed by atoms with Crippen LogP contribution in [0.4, 0.5) is 5.82 Å². The highest BCUT2D eigenvalue weighted by Crippen LogP contribution is 2.29. The molecule has 3 aromatic rings. The minimum absolute atomic E-state index is 0.0579. The normalized spacial score (nSPS) is 19.9. The second-order valence-corrected chi connectivity index (χ2v) is 8.75. The van der Waals surface area contributed by atoms with Gasteiger partial charge in [0.2, 0.25) is 5.91 Å². The number of carbonyl (C=O) groups excluding carboxylic acids is 1. The molecule has 146 valence electrons. The van der Waals surface area contributed by atoms with E-state index in [1.807, 2.05) is 19.1 Å². The number of fused-ring (bicyclic) bond motifs is 1. The molecule has 0 radical (unpaired) electrons. The van der Waals surface area contributed by atoms with Crippen molar-refractivity contribution in [3.8, 4) is 10.6 Å². The lowest BCUT2D eigenvalue weighted by molar-refractivity contribution is -0.121. The molecule has 7 nitrogen and oxygen atoms in total. The van der Waals surface area contributed by atoms with Crippen LogP contribution in [0.5, 0.6) is 0 Å². The highest BCUT2D eigenvalue weighted by atomic mass is 32.1. The molecule has 1 N–H and O–H groups in total. The van der Waals surface area contributed by atoms with Crippen molar-refractivity contribution < 1.29 is 4.79 Å². The van der Waals surface area contributed by atoms with E-state index < -0.39 is 0 Å². The molecule has 0 aromatic carbocycles. The fourth-order valence-electron chi connectivity index (χ4n) is 3.71. The molecule has 0 saturated heterocycles. The lowest BCUT2D eigenvalue weighted by Crippen LogP contribution is -2.35. The molecular weight excluding hydrogens is 372 g/mol. The van der Waals surface area contributed by atoms with Crippen molar-refractivity contribution in [3.05, 3.63) is 29.5 Å². The van der Waals surface area contributed by atoms with Gasteiger partial charge < -0.3 is 10.2 Å². The smallest absolute Gasteiger partial charge is 0.228 e. The fourth-order valence-corrected chi connectivity index (χ4v) is 4.38. The maximum absolute atomic E-state index is 12.7. The third-order valence-corrected chi connectivity index (χ3v) is 6.28. The van der Waals surface area contributed by atoms with Crippen molar-refractivity contribution in [2.45, 2.75) is 38.6 Å². The molecular formula is C20H24N6OS. The number of nitrogens with one attached hydrogen (secondary N) is 1. The number of amides is 1. The molecule has 4 rings (SSSR count). The quantitative estimate of drug-likeness (QED) is 0.726. The van der Waals surface area contributed by atoms with Gasteiger partial charge in [-0.05, 0) is 58.8 Å². The summed E-state index contributed by atoms with van der Waals surface area (Å²) in [6, 6.07) is 4.47. The van der Waals surface area contributed by atoms with Gasteiger partial charge in [0.1, 0.15) is 15.8 Å². The highest BCUT2D eigenvalue weighted by molar-refractivity contribution is 7.14. The highest BCUT2D eigenvalue weighted by Gasteiger charge is 2.27. The van der Waals surface area contributed by atoms with Crippen LogP contribution in [0.15, 0.2) is 24.5 Å². The average molecular weight is 397 g/mol. The van der Waals surface area contributed by atoms with Gasteiger partial charge in [-0.2, -0.15) is 0 Å². The van der Waals surface area contributed by atoms with Crippen LogP contribution in [-0.2, 0) is 4.79 Å². The Kier molecular flexibility index (Phi) is 5.32. The molecule has 0 unspecified atom stereocenters. The number of pyridine rings is 2. The third-order valence-electron chi connectivity index (χ3n) is 5.39. The number of aryl methyl sites for hydroxylation is 1. The van der Waals surface area contributed by atoms with E-state index in [1.165, 1.54) is 11.3 Å². The van der Waals surface area contributed by atoms with Gasteiger partial charge in [-0.25, -0.2) is 4.98 Å². The molecule has 0 atom stereocenters. The number of nitrogens with zero attached hydrogens (tertiary/aromatic N) is 5. The molecule has 3 aromatic heterocycles. The maximum atomic E-state index is 12.7. The molecule has 0 bridgehead atoms. The predicted molar refractivity (Wildman–Crippen MR) is 111 cm³/mol. The molecule has 0 spiro atoms. The fraction of sp³-hybridized carbons (Fsp3) is 0.450. The van der Waals surface area contributed by atoms with Crippen molar-refractivity contribution in [1.82, 2.24) is 25.1 Å². The molecule has 8 heteroatoms. The third kappa shape index (κ3) is 4.02. The van der Waals surface area contributed by atoms with Gasteiger partial charge in [0.15, 0.2) is 0 Å². The number of anilines is 1. The zero-order chi connectivity index (χ0) is 19.7. The van der Waals surface area contributed by atoms with Crippen LogP contribution in [0.1, 0.15) is 30.7 Å². The van der Waals surface area contributed by atoms with Gasteiger partial charge in [-0.15, -0.1) is 10.2 Å². The van der Waals surface area contributed by atoms with E-state index >= 15 is 0 Å². The first-order chi connectivity index (χ1) is 13.5. The van der Waals surface area contributed by atoms with Crippen molar-refractivity contribution in [2.24, 2.45) is 5.92 Å². The SMILES string of the molecule is Cc1nnc(-c2cnc3cnc(NC(=O)C4CCC(N(C)C)CC4)cc3c2)s1. The van der Waals surface area contributed by atoms with E-state index in [0.29, 0.717) is 11.9 Å². The Labute approximate surface area is 168 Å². The van der Waals surface area contributed by atoms with Crippen LogP contribution in [0.3, 0.4) is 0 Å². The van der Waals surface area contributed by atoms with Gasteiger partial charge >= 0.3 is 0 Å². The van der Waals surface area contributed by atoms with Gasteiger partial charge in [0.05, 0.1) is 11.7 Å². The van der Waals surface area contributed by atoms with Crippen LogP contribution in [0.25, 0.3) is 21.5 Å². The van der Waals surface area contributed by atoms with Crippen LogP contribution >= 0.6 is 11.3 Å². The summed E-state index contributed by atoms with van der Waals surface area (Å²) in [6.45, 7) is 1.93. The summed E-state index contributed by atoms with van der Waals surface area (Å²) in [7, 11) is 4.21. The summed E-state index contributed by atoms with van der Waals surface area (Å²) in [4.78, 5) is 23.8. The zero-order valence-electron chi connectivity index (χ0n) is 16.3.